The molecule has 1 unspecified atom stereocenters. The van der Waals surface area contributed by atoms with Crippen LogP contribution in [0.4, 0.5) is 4.79 Å². The van der Waals surface area contributed by atoms with Crippen LogP contribution in [0.3, 0.4) is 0 Å². The third-order valence-corrected chi connectivity index (χ3v) is 4.18. The van der Waals surface area contributed by atoms with E-state index >= 15 is 0 Å². The van der Waals surface area contributed by atoms with E-state index in [4.69, 9.17) is 4.74 Å². The second-order valence-corrected chi connectivity index (χ2v) is 7.03. The highest BCUT2D eigenvalue weighted by Gasteiger charge is 2.35. The average molecular weight is 397 g/mol. The van der Waals surface area contributed by atoms with Gasteiger partial charge in [0.15, 0.2) is 0 Å². The number of urea groups is 1. The number of allylic oxidation sites excluding steroid dienone is 1. The van der Waals surface area contributed by atoms with Gasteiger partial charge >= 0.3 is 12.0 Å². The Bertz CT molecular complexity index is 698. The first-order valence-electron chi connectivity index (χ1n) is 7.71. The quantitative estimate of drug-likeness (QED) is 0.680. The summed E-state index contributed by atoms with van der Waals surface area (Å²) in [7, 11) is 0. The van der Waals surface area contributed by atoms with Gasteiger partial charge in [0.05, 0.1) is 22.2 Å². The minimum atomic E-state index is -0.653. The summed E-state index contributed by atoms with van der Waals surface area (Å²) < 4.78 is 5.84. The second kappa shape index (κ2) is 7.25. The van der Waals surface area contributed by atoms with E-state index in [1.807, 2.05) is 13.8 Å². The number of carbonyl (C=O) groups is 2. The van der Waals surface area contributed by atoms with Crippen LogP contribution in [0.25, 0.3) is 0 Å². The molecule has 1 aliphatic heterocycles. The van der Waals surface area contributed by atoms with Crippen molar-refractivity contribution >= 4 is 27.9 Å². The van der Waals surface area contributed by atoms with Gasteiger partial charge in [-0.05, 0) is 53.4 Å². The lowest BCUT2D eigenvalue weighted by atomic mass is 9.91. The highest BCUT2D eigenvalue weighted by Crippen LogP contribution is 2.34. The van der Waals surface area contributed by atoms with Gasteiger partial charge in [-0.2, -0.15) is 0 Å². The second-order valence-electron chi connectivity index (χ2n) is 6.18. The third-order valence-electron chi connectivity index (χ3n) is 3.55. The van der Waals surface area contributed by atoms with E-state index in [1.54, 1.807) is 26.0 Å². The van der Waals surface area contributed by atoms with Crippen LogP contribution in [-0.4, -0.2) is 23.2 Å². The van der Waals surface area contributed by atoms with Gasteiger partial charge in [0.1, 0.15) is 5.75 Å². The Morgan fingerprint density at radius 2 is 1.96 bits per heavy atom. The number of phenolic OH excluding ortho intramolecular Hbond substituents is 1. The number of phenols is 1. The molecule has 0 aromatic heterocycles. The highest BCUT2D eigenvalue weighted by molar-refractivity contribution is 9.10. The topological polar surface area (TPSA) is 87.7 Å². The van der Waals surface area contributed by atoms with Crippen molar-refractivity contribution in [3.63, 3.8) is 0 Å². The Morgan fingerprint density at radius 3 is 2.50 bits per heavy atom. The normalized spacial score (nSPS) is 17.8. The van der Waals surface area contributed by atoms with Crippen molar-refractivity contribution in [3.8, 4) is 5.75 Å². The summed E-state index contributed by atoms with van der Waals surface area (Å²) in [4.78, 5) is 24.7. The standard InChI is InChI=1S/C17H21BrN2O4/c1-8(2)14-13(16(22)24-9(3)4)15(20-17(23)19-14)10-5-6-12(21)11(18)7-10/h5-9,15,21H,1-4H3,(H2,19,20,23). The first-order valence-corrected chi connectivity index (χ1v) is 8.51. The van der Waals surface area contributed by atoms with Gasteiger partial charge in [-0.1, -0.05) is 19.9 Å². The monoisotopic (exact) mass is 396 g/mol. The number of amides is 2. The molecule has 0 aliphatic carbocycles. The number of rotatable bonds is 4. The van der Waals surface area contributed by atoms with Crippen LogP contribution in [0.5, 0.6) is 5.75 Å². The van der Waals surface area contributed by atoms with E-state index in [-0.39, 0.29) is 23.8 Å². The fourth-order valence-corrected chi connectivity index (χ4v) is 2.89. The molecule has 2 amide bonds. The van der Waals surface area contributed by atoms with Gasteiger partial charge < -0.3 is 20.5 Å². The van der Waals surface area contributed by atoms with Crippen LogP contribution in [-0.2, 0) is 9.53 Å². The fourth-order valence-electron chi connectivity index (χ4n) is 2.50. The summed E-state index contributed by atoms with van der Waals surface area (Å²) in [6.45, 7) is 7.34. The Labute approximate surface area is 149 Å². The van der Waals surface area contributed by atoms with Crippen LogP contribution in [0.15, 0.2) is 33.9 Å². The van der Waals surface area contributed by atoms with E-state index in [2.05, 4.69) is 26.6 Å². The maximum absolute atomic E-state index is 12.6. The Kier molecular flexibility index (Phi) is 5.54. The number of halogens is 1. The SMILES string of the molecule is CC(C)OC(=O)C1=C(C(C)C)NC(=O)NC1c1ccc(O)c(Br)c1. The Hall–Kier alpha value is -2.02. The van der Waals surface area contributed by atoms with E-state index < -0.39 is 12.0 Å². The zero-order chi connectivity index (χ0) is 18.0. The van der Waals surface area contributed by atoms with Crippen LogP contribution >= 0.6 is 15.9 Å². The van der Waals surface area contributed by atoms with Gasteiger partial charge in [-0.25, -0.2) is 9.59 Å². The summed E-state index contributed by atoms with van der Waals surface area (Å²) in [6.07, 6.45) is -0.275. The minimum Gasteiger partial charge on any atom is -0.507 e. The smallest absolute Gasteiger partial charge is 0.338 e. The van der Waals surface area contributed by atoms with Gasteiger partial charge in [0.25, 0.3) is 0 Å². The van der Waals surface area contributed by atoms with Crippen LogP contribution in [0, 0.1) is 5.92 Å². The van der Waals surface area contributed by atoms with Crippen molar-refractivity contribution in [2.24, 2.45) is 5.92 Å². The molecule has 0 fully saturated rings. The van der Waals surface area contributed by atoms with Crippen LogP contribution in [0.1, 0.15) is 39.3 Å². The molecule has 2 rings (SSSR count). The summed E-state index contributed by atoms with van der Waals surface area (Å²) in [6, 6.07) is 3.81. The van der Waals surface area contributed by atoms with E-state index in [0.29, 0.717) is 21.3 Å². The molecule has 1 aromatic rings. The molecule has 0 radical (unpaired) electrons. The maximum Gasteiger partial charge on any atom is 0.338 e. The number of aromatic hydroxyl groups is 1. The fraction of sp³-hybridized carbons (Fsp3) is 0.412. The molecule has 1 atom stereocenters. The van der Waals surface area contributed by atoms with E-state index in [1.165, 1.54) is 6.07 Å². The molecule has 1 heterocycles. The molecule has 0 saturated carbocycles. The lowest BCUT2D eigenvalue weighted by molar-refractivity contribution is -0.143. The molecule has 0 saturated heterocycles. The van der Waals surface area contributed by atoms with E-state index in [0.717, 1.165) is 0 Å². The molecule has 3 N–H and O–H groups in total. The number of ether oxygens (including phenoxy) is 1. The maximum atomic E-state index is 12.6. The number of hydrogen-bond donors (Lipinski definition) is 3. The van der Waals surface area contributed by atoms with Crippen molar-refractivity contribution in [1.82, 2.24) is 10.6 Å². The summed E-state index contributed by atoms with van der Waals surface area (Å²) in [5, 5.41) is 15.1. The zero-order valence-electron chi connectivity index (χ0n) is 14.0. The molecule has 1 aliphatic rings. The molecule has 0 spiro atoms. The van der Waals surface area contributed by atoms with Gasteiger partial charge in [-0.15, -0.1) is 0 Å². The molecular formula is C17H21BrN2O4. The summed E-state index contributed by atoms with van der Waals surface area (Å²) in [5.74, 6) is -0.456. The van der Waals surface area contributed by atoms with E-state index in [9.17, 15) is 14.7 Å². The molecule has 0 bridgehead atoms. The predicted octanol–water partition coefficient (Wildman–Crippen LogP) is 3.37. The summed E-state index contributed by atoms with van der Waals surface area (Å²) >= 11 is 3.26. The Morgan fingerprint density at radius 1 is 1.29 bits per heavy atom. The molecule has 130 valence electrons. The van der Waals surface area contributed by atoms with Crippen molar-refractivity contribution in [1.29, 1.82) is 0 Å². The predicted molar refractivity (Wildman–Crippen MR) is 93.3 cm³/mol. The van der Waals surface area contributed by atoms with Crippen LogP contribution in [0.2, 0.25) is 0 Å². The van der Waals surface area contributed by atoms with Crippen LogP contribution < -0.4 is 10.6 Å². The van der Waals surface area contributed by atoms with Crippen molar-refractivity contribution in [2.75, 3.05) is 0 Å². The van der Waals surface area contributed by atoms with Gasteiger partial charge in [0.2, 0.25) is 0 Å². The first kappa shape index (κ1) is 18.3. The Balaban J connectivity index is 2.56. The van der Waals surface area contributed by atoms with Gasteiger partial charge in [-0.3, -0.25) is 0 Å². The minimum absolute atomic E-state index is 0.0613. The zero-order valence-corrected chi connectivity index (χ0v) is 15.6. The summed E-state index contributed by atoms with van der Waals surface area (Å²) in [5.41, 5.74) is 1.58. The van der Waals surface area contributed by atoms with Gasteiger partial charge in [0, 0.05) is 5.70 Å². The van der Waals surface area contributed by atoms with Crippen molar-refractivity contribution < 1.29 is 19.4 Å². The lowest BCUT2D eigenvalue weighted by Gasteiger charge is -2.31. The number of hydrogen-bond acceptors (Lipinski definition) is 4. The number of carbonyl (C=O) groups excluding carboxylic acids is 2. The number of nitrogens with one attached hydrogen (secondary N) is 2. The molecule has 24 heavy (non-hydrogen) atoms. The number of benzene rings is 1. The largest absolute Gasteiger partial charge is 0.507 e. The molecular weight excluding hydrogens is 376 g/mol. The first-order chi connectivity index (χ1) is 11.2. The lowest BCUT2D eigenvalue weighted by Crippen LogP contribution is -2.47. The van der Waals surface area contributed by atoms with Crippen molar-refractivity contribution in [3.05, 3.63) is 39.5 Å². The van der Waals surface area contributed by atoms with Crippen molar-refractivity contribution in [2.45, 2.75) is 39.8 Å². The molecule has 7 heteroatoms. The number of esters is 1. The molecule has 1 aromatic carbocycles. The third kappa shape index (κ3) is 3.90. The molecule has 6 nitrogen and oxygen atoms in total. The highest BCUT2D eigenvalue weighted by atomic mass is 79.9. The average Bonchev–Trinajstić information content (AvgIpc) is 2.48.